The molecule has 0 saturated carbocycles. The number of rotatable bonds is 6. The molecule has 0 radical (unpaired) electrons. The fourth-order valence-electron chi connectivity index (χ4n) is 2.73. The molecule has 138 valence electrons. The Kier molecular flexibility index (Phi) is 5.49. The van der Waals surface area contributed by atoms with Crippen LogP contribution in [0.15, 0.2) is 52.3 Å². The number of thioether (sulfide) groups is 1. The van der Waals surface area contributed by atoms with Crippen LogP contribution in [-0.4, -0.2) is 37.0 Å². The first kappa shape index (κ1) is 18.7. The number of benzene rings is 2. The van der Waals surface area contributed by atoms with E-state index < -0.39 is 14.9 Å². The predicted molar refractivity (Wildman–Crippen MR) is 99.4 cm³/mol. The zero-order valence-corrected chi connectivity index (χ0v) is 15.8. The summed E-state index contributed by atoms with van der Waals surface area (Å²) >= 11 is 1.57. The Bertz CT molecular complexity index is 907. The van der Waals surface area contributed by atoms with Crippen LogP contribution in [0.4, 0.5) is 5.69 Å². The van der Waals surface area contributed by atoms with Crippen LogP contribution in [0, 0.1) is 10.1 Å². The first-order valence-electron chi connectivity index (χ1n) is 8.02. The minimum atomic E-state index is -3.72. The molecule has 3 rings (SSSR count). The van der Waals surface area contributed by atoms with E-state index in [1.54, 1.807) is 23.9 Å². The van der Waals surface area contributed by atoms with Gasteiger partial charge in [0, 0.05) is 24.1 Å². The largest absolute Gasteiger partial charge is 0.450 e. The first-order valence-corrected chi connectivity index (χ1v) is 10.7. The lowest BCUT2D eigenvalue weighted by atomic mass is 10.3. The van der Waals surface area contributed by atoms with Crippen molar-refractivity contribution in [3.8, 4) is 11.5 Å². The Labute approximate surface area is 156 Å². The summed E-state index contributed by atoms with van der Waals surface area (Å²) in [5, 5.41) is 11.4. The lowest BCUT2D eigenvalue weighted by Gasteiger charge is -2.16. The highest BCUT2D eigenvalue weighted by Crippen LogP contribution is 2.35. The van der Waals surface area contributed by atoms with Gasteiger partial charge >= 0.3 is 5.69 Å². The maximum absolute atomic E-state index is 12.6. The summed E-state index contributed by atoms with van der Waals surface area (Å²) in [5.41, 5.74) is -0.376. The summed E-state index contributed by atoms with van der Waals surface area (Å²) in [7, 11) is -3.72. The van der Waals surface area contributed by atoms with Gasteiger partial charge in [0.1, 0.15) is 5.75 Å². The van der Waals surface area contributed by atoms with Crippen LogP contribution in [0.2, 0.25) is 0 Å². The molecule has 1 heterocycles. The highest BCUT2D eigenvalue weighted by atomic mass is 32.2. The second-order valence-corrected chi connectivity index (χ2v) is 8.59. The minimum Gasteiger partial charge on any atom is -0.450 e. The van der Waals surface area contributed by atoms with Gasteiger partial charge in [-0.2, -0.15) is 4.31 Å². The van der Waals surface area contributed by atoms with E-state index in [9.17, 15) is 18.5 Å². The molecule has 1 fully saturated rings. The van der Waals surface area contributed by atoms with Crippen LogP contribution in [0.3, 0.4) is 0 Å². The Morgan fingerprint density at radius 3 is 2.35 bits per heavy atom. The quantitative estimate of drug-likeness (QED) is 0.419. The van der Waals surface area contributed by atoms with Crippen LogP contribution in [0.1, 0.15) is 12.8 Å². The van der Waals surface area contributed by atoms with Crippen molar-refractivity contribution in [2.75, 3.05) is 19.3 Å². The van der Waals surface area contributed by atoms with Gasteiger partial charge in [0.15, 0.2) is 0 Å². The number of sulfonamides is 1. The number of nitro groups is 1. The molecule has 0 unspecified atom stereocenters. The molecule has 0 N–H and O–H groups in total. The predicted octanol–water partition coefficient (Wildman–Crippen LogP) is 3.89. The monoisotopic (exact) mass is 394 g/mol. The first-order chi connectivity index (χ1) is 12.4. The van der Waals surface area contributed by atoms with E-state index in [0.717, 1.165) is 23.8 Å². The molecule has 0 aliphatic carbocycles. The average molecular weight is 394 g/mol. The summed E-state index contributed by atoms with van der Waals surface area (Å²) in [4.78, 5) is 11.8. The van der Waals surface area contributed by atoms with Gasteiger partial charge in [0.25, 0.3) is 0 Å². The van der Waals surface area contributed by atoms with Crippen molar-refractivity contribution in [1.82, 2.24) is 4.31 Å². The van der Waals surface area contributed by atoms with E-state index >= 15 is 0 Å². The molecule has 0 spiro atoms. The summed E-state index contributed by atoms with van der Waals surface area (Å²) in [6.45, 7) is 0.881. The average Bonchev–Trinajstić information content (AvgIpc) is 3.18. The smallest absolute Gasteiger partial charge is 0.312 e. The Hall–Kier alpha value is -2.10. The lowest BCUT2D eigenvalue weighted by Crippen LogP contribution is -2.27. The normalized spacial score (nSPS) is 15.1. The lowest BCUT2D eigenvalue weighted by molar-refractivity contribution is -0.385. The standard InChI is InChI=1S/C17H18N2O5S2/c1-25-14-6-4-13(5-7-14)24-17-9-8-15(12-16(17)19(20)21)26(22,23)18-10-2-3-11-18/h4-9,12H,2-3,10-11H2,1H3. The number of ether oxygens (including phenoxy) is 1. The zero-order valence-electron chi connectivity index (χ0n) is 14.1. The maximum Gasteiger partial charge on any atom is 0.312 e. The summed E-state index contributed by atoms with van der Waals surface area (Å²) in [6, 6.07) is 10.9. The third-order valence-corrected chi connectivity index (χ3v) is 6.76. The van der Waals surface area contributed by atoms with Gasteiger partial charge in [0.2, 0.25) is 15.8 Å². The molecule has 2 aromatic carbocycles. The van der Waals surface area contributed by atoms with Gasteiger partial charge in [-0.15, -0.1) is 11.8 Å². The van der Waals surface area contributed by atoms with Gasteiger partial charge in [0.05, 0.1) is 9.82 Å². The fourth-order valence-corrected chi connectivity index (χ4v) is 4.68. The third kappa shape index (κ3) is 3.84. The van der Waals surface area contributed by atoms with E-state index in [4.69, 9.17) is 4.74 Å². The summed E-state index contributed by atoms with van der Waals surface area (Å²) in [6.07, 6.45) is 3.54. The molecule has 0 atom stereocenters. The Morgan fingerprint density at radius 2 is 1.77 bits per heavy atom. The van der Waals surface area contributed by atoms with E-state index in [0.29, 0.717) is 18.8 Å². The fraction of sp³-hybridized carbons (Fsp3) is 0.294. The van der Waals surface area contributed by atoms with Gasteiger partial charge in [-0.05, 0) is 55.5 Å². The number of hydrogen-bond acceptors (Lipinski definition) is 6. The van der Waals surface area contributed by atoms with Crippen LogP contribution < -0.4 is 4.74 Å². The molecule has 0 bridgehead atoms. The van der Waals surface area contributed by atoms with E-state index in [1.165, 1.54) is 16.4 Å². The van der Waals surface area contributed by atoms with E-state index in [2.05, 4.69) is 0 Å². The van der Waals surface area contributed by atoms with Crippen LogP contribution in [0.25, 0.3) is 0 Å². The van der Waals surface area contributed by atoms with Crippen LogP contribution >= 0.6 is 11.8 Å². The number of nitro benzene ring substituents is 1. The van der Waals surface area contributed by atoms with Gasteiger partial charge in [-0.3, -0.25) is 10.1 Å². The molecule has 1 aliphatic heterocycles. The maximum atomic E-state index is 12.6. The van der Waals surface area contributed by atoms with Crippen molar-refractivity contribution in [3.63, 3.8) is 0 Å². The molecule has 1 saturated heterocycles. The van der Waals surface area contributed by atoms with Crippen LogP contribution in [0.5, 0.6) is 11.5 Å². The molecular weight excluding hydrogens is 376 g/mol. The van der Waals surface area contributed by atoms with Crippen LogP contribution in [-0.2, 0) is 10.0 Å². The number of nitrogens with zero attached hydrogens (tertiary/aromatic N) is 2. The topological polar surface area (TPSA) is 89.8 Å². The van der Waals surface area contributed by atoms with E-state index in [-0.39, 0.29) is 16.3 Å². The Balaban J connectivity index is 1.92. The van der Waals surface area contributed by atoms with Crippen molar-refractivity contribution in [2.24, 2.45) is 0 Å². The third-order valence-electron chi connectivity index (χ3n) is 4.12. The molecular formula is C17H18N2O5S2. The highest BCUT2D eigenvalue weighted by Gasteiger charge is 2.29. The van der Waals surface area contributed by atoms with Gasteiger partial charge in [-0.25, -0.2) is 8.42 Å². The molecule has 1 aliphatic rings. The van der Waals surface area contributed by atoms with Gasteiger partial charge in [-0.1, -0.05) is 0 Å². The van der Waals surface area contributed by atoms with Crippen molar-refractivity contribution >= 4 is 27.5 Å². The van der Waals surface area contributed by atoms with Crippen molar-refractivity contribution < 1.29 is 18.1 Å². The van der Waals surface area contributed by atoms with Crippen molar-refractivity contribution in [2.45, 2.75) is 22.6 Å². The SMILES string of the molecule is CSc1ccc(Oc2ccc(S(=O)(=O)N3CCCC3)cc2[N+](=O)[O-])cc1. The zero-order chi connectivity index (χ0) is 18.7. The second-order valence-electron chi connectivity index (χ2n) is 5.78. The molecule has 26 heavy (non-hydrogen) atoms. The molecule has 9 heteroatoms. The molecule has 0 aromatic heterocycles. The molecule has 2 aromatic rings. The summed E-state index contributed by atoms with van der Waals surface area (Å²) in [5.74, 6) is 0.452. The highest BCUT2D eigenvalue weighted by molar-refractivity contribution is 7.98. The molecule has 7 nitrogen and oxygen atoms in total. The second kappa shape index (κ2) is 7.65. The minimum absolute atomic E-state index is 0.00673. The summed E-state index contributed by atoms with van der Waals surface area (Å²) < 4.78 is 32.2. The number of hydrogen-bond donors (Lipinski definition) is 0. The van der Waals surface area contributed by atoms with Crippen molar-refractivity contribution in [3.05, 3.63) is 52.6 Å². The Morgan fingerprint density at radius 1 is 1.12 bits per heavy atom. The molecule has 0 amide bonds. The van der Waals surface area contributed by atoms with Crippen molar-refractivity contribution in [1.29, 1.82) is 0 Å². The van der Waals surface area contributed by atoms with Gasteiger partial charge < -0.3 is 4.74 Å². The van der Waals surface area contributed by atoms with E-state index in [1.807, 2.05) is 18.4 Å².